The quantitative estimate of drug-likeness (QED) is 0.731. The van der Waals surface area contributed by atoms with Crippen LogP contribution in [0.2, 0.25) is 0 Å². The molecule has 0 saturated carbocycles. The number of hydrogen-bond donors (Lipinski definition) is 2. The lowest BCUT2D eigenvalue weighted by Crippen LogP contribution is -2.07. The van der Waals surface area contributed by atoms with Gasteiger partial charge in [0.15, 0.2) is 11.5 Å². The first-order chi connectivity index (χ1) is 7.59. The number of aromatic nitrogens is 4. The Morgan fingerprint density at radius 1 is 1.44 bits per heavy atom. The van der Waals surface area contributed by atoms with Gasteiger partial charge in [-0.15, -0.1) is 0 Å². The predicted molar refractivity (Wildman–Crippen MR) is 48.1 cm³/mol. The van der Waals surface area contributed by atoms with Gasteiger partial charge in [-0.25, -0.2) is 4.63 Å². The number of carboxylic acids is 1. The summed E-state index contributed by atoms with van der Waals surface area (Å²) in [4.78, 5) is 14.5. The van der Waals surface area contributed by atoms with Crippen molar-refractivity contribution < 1.29 is 19.1 Å². The van der Waals surface area contributed by atoms with Gasteiger partial charge in [0.2, 0.25) is 11.7 Å². The van der Waals surface area contributed by atoms with Crippen LogP contribution in [0, 0.1) is 0 Å². The smallest absolute Gasteiger partial charge is 0.315 e. The van der Waals surface area contributed by atoms with Crippen LogP contribution in [0.15, 0.2) is 9.15 Å². The zero-order valence-electron chi connectivity index (χ0n) is 8.12. The molecule has 0 radical (unpaired) electrons. The molecule has 3 N–H and O–H groups in total. The van der Waals surface area contributed by atoms with Gasteiger partial charge in [0, 0.05) is 0 Å². The molecule has 0 aliphatic rings. The zero-order valence-corrected chi connectivity index (χ0v) is 8.12. The van der Waals surface area contributed by atoms with Crippen molar-refractivity contribution in [3.8, 4) is 11.5 Å². The first-order valence-electron chi connectivity index (χ1n) is 4.24. The van der Waals surface area contributed by atoms with Crippen LogP contribution in [0.3, 0.4) is 0 Å². The van der Waals surface area contributed by atoms with E-state index >= 15 is 0 Å². The number of anilines is 1. The third-order valence-electron chi connectivity index (χ3n) is 1.91. The Kier molecular flexibility index (Phi) is 2.27. The maximum Gasteiger partial charge on any atom is 0.315 e. The van der Waals surface area contributed by atoms with E-state index < -0.39 is 11.9 Å². The lowest BCUT2D eigenvalue weighted by Gasteiger charge is -1.96. The maximum atomic E-state index is 10.7. The van der Waals surface area contributed by atoms with Gasteiger partial charge in [0.1, 0.15) is 5.92 Å². The lowest BCUT2D eigenvalue weighted by molar-refractivity contribution is -0.138. The summed E-state index contributed by atoms with van der Waals surface area (Å²) >= 11 is 0. The highest BCUT2D eigenvalue weighted by Crippen LogP contribution is 2.21. The molecule has 9 nitrogen and oxygen atoms in total. The standard InChI is InChI=1S/C7H7N5O4/c1-2(7(13)14)6-9-5(12-15-6)3-4(8)11-16-10-3/h2H,1H3,(H2,8,11)(H,13,14). The molecule has 2 aromatic rings. The number of rotatable bonds is 3. The van der Waals surface area contributed by atoms with Crippen molar-refractivity contribution in [2.24, 2.45) is 0 Å². The summed E-state index contributed by atoms with van der Waals surface area (Å²) in [6.45, 7) is 1.42. The number of aliphatic carboxylic acids is 1. The third kappa shape index (κ3) is 1.58. The molecule has 2 rings (SSSR count). The van der Waals surface area contributed by atoms with Gasteiger partial charge in [0.05, 0.1) is 0 Å². The Hall–Kier alpha value is -2.45. The fourth-order valence-electron chi connectivity index (χ4n) is 0.963. The summed E-state index contributed by atoms with van der Waals surface area (Å²) in [5.41, 5.74) is 5.53. The van der Waals surface area contributed by atoms with Gasteiger partial charge in [0.25, 0.3) is 0 Å². The molecule has 84 valence electrons. The molecule has 0 aliphatic heterocycles. The number of carboxylic acid groups (broad SMARTS) is 1. The highest BCUT2D eigenvalue weighted by Gasteiger charge is 2.23. The minimum Gasteiger partial charge on any atom is -0.481 e. The van der Waals surface area contributed by atoms with Crippen molar-refractivity contribution in [3.63, 3.8) is 0 Å². The molecule has 0 bridgehead atoms. The van der Waals surface area contributed by atoms with Crippen molar-refractivity contribution in [2.75, 3.05) is 5.73 Å². The Bertz CT molecular complexity index is 518. The van der Waals surface area contributed by atoms with E-state index in [0.29, 0.717) is 0 Å². The Morgan fingerprint density at radius 3 is 2.75 bits per heavy atom. The van der Waals surface area contributed by atoms with E-state index in [2.05, 4.69) is 25.1 Å². The fourth-order valence-corrected chi connectivity index (χ4v) is 0.963. The van der Waals surface area contributed by atoms with E-state index in [1.165, 1.54) is 6.92 Å². The van der Waals surface area contributed by atoms with Gasteiger partial charge in [-0.2, -0.15) is 4.98 Å². The lowest BCUT2D eigenvalue weighted by atomic mass is 10.2. The van der Waals surface area contributed by atoms with E-state index in [-0.39, 0.29) is 23.2 Å². The monoisotopic (exact) mass is 225 g/mol. The second-order valence-corrected chi connectivity index (χ2v) is 3.01. The van der Waals surface area contributed by atoms with Gasteiger partial charge in [-0.3, -0.25) is 4.79 Å². The highest BCUT2D eigenvalue weighted by molar-refractivity contribution is 5.74. The van der Waals surface area contributed by atoms with E-state index in [0.717, 1.165) is 0 Å². The maximum absolute atomic E-state index is 10.7. The molecule has 0 fully saturated rings. The topological polar surface area (TPSA) is 141 Å². The minimum absolute atomic E-state index is 0.00956. The van der Waals surface area contributed by atoms with Crippen LogP contribution >= 0.6 is 0 Å². The van der Waals surface area contributed by atoms with E-state index in [1.807, 2.05) is 0 Å². The Labute approximate surface area is 88.2 Å². The summed E-state index contributed by atoms with van der Waals surface area (Å²) in [6, 6.07) is 0. The average Bonchev–Trinajstić information content (AvgIpc) is 2.84. The molecular formula is C7H7N5O4. The summed E-state index contributed by atoms with van der Waals surface area (Å²) in [5.74, 6) is -1.95. The number of carbonyl (C=O) groups is 1. The molecule has 0 amide bonds. The van der Waals surface area contributed by atoms with Crippen LogP contribution in [0.25, 0.3) is 11.5 Å². The van der Waals surface area contributed by atoms with E-state index in [1.54, 1.807) is 0 Å². The second kappa shape index (κ2) is 3.61. The van der Waals surface area contributed by atoms with Crippen molar-refractivity contribution in [2.45, 2.75) is 12.8 Å². The summed E-state index contributed by atoms with van der Waals surface area (Å²) < 4.78 is 9.11. The van der Waals surface area contributed by atoms with E-state index in [4.69, 9.17) is 15.4 Å². The van der Waals surface area contributed by atoms with Crippen molar-refractivity contribution in [3.05, 3.63) is 5.89 Å². The summed E-state index contributed by atoms with van der Waals surface area (Å²) in [6.07, 6.45) is 0. The average molecular weight is 225 g/mol. The van der Waals surface area contributed by atoms with Gasteiger partial charge in [-0.1, -0.05) is 5.16 Å². The molecule has 0 aliphatic carbocycles. The molecule has 16 heavy (non-hydrogen) atoms. The van der Waals surface area contributed by atoms with E-state index in [9.17, 15) is 4.79 Å². The van der Waals surface area contributed by atoms with Crippen molar-refractivity contribution >= 4 is 11.8 Å². The molecule has 0 aromatic carbocycles. The molecule has 1 unspecified atom stereocenters. The number of nitrogens with two attached hydrogens (primary N) is 1. The molecule has 0 spiro atoms. The first kappa shape index (κ1) is 10.1. The van der Waals surface area contributed by atoms with Crippen LogP contribution < -0.4 is 5.73 Å². The number of nitrogen functional groups attached to an aromatic ring is 1. The van der Waals surface area contributed by atoms with Crippen LogP contribution in [-0.2, 0) is 4.79 Å². The fraction of sp³-hybridized carbons (Fsp3) is 0.286. The van der Waals surface area contributed by atoms with Crippen molar-refractivity contribution in [1.29, 1.82) is 0 Å². The molecule has 0 saturated heterocycles. The number of nitrogens with zero attached hydrogens (tertiary/aromatic N) is 4. The highest BCUT2D eigenvalue weighted by atomic mass is 16.6. The van der Waals surface area contributed by atoms with Crippen LogP contribution in [0.4, 0.5) is 5.82 Å². The van der Waals surface area contributed by atoms with Gasteiger partial charge in [-0.05, 0) is 17.2 Å². The SMILES string of the molecule is CC(C(=O)O)c1nc(-c2nonc2N)no1. The molecular weight excluding hydrogens is 218 g/mol. The minimum atomic E-state index is -1.07. The van der Waals surface area contributed by atoms with Crippen molar-refractivity contribution in [1.82, 2.24) is 20.5 Å². The van der Waals surface area contributed by atoms with Gasteiger partial charge >= 0.3 is 5.97 Å². The zero-order chi connectivity index (χ0) is 11.7. The second-order valence-electron chi connectivity index (χ2n) is 3.01. The summed E-state index contributed by atoms with van der Waals surface area (Å²) in [7, 11) is 0. The van der Waals surface area contributed by atoms with Crippen LogP contribution in [-0.4, -0.2) is 31.5 Å². The molecule has 2 heterocycles. The normalized spacial score (nSPS) is 12.6. The third-order valence-corrected chi connectivity index (χ3v) is 1.91. The Balaban J connectivity index is 2.33. The number of hydrogen-bond acceptors (Lipinski definition) is 8. The molecule has 9 heteroatoms. The largest absolute Gasteiger partial charge is 0.481 e. The van der Waals surface area contributed by atoms with Gasteiger partial charge < -0.3 is 15.4 Å². The molecule has 1 atom stereocenters. The van der Waals surface area contributed by atoms with Crippen LogP contribution in [0.1, 0.15) is 18.7 Å². The summed E-state index contributed by atoms with van der Waals surface area (Å²) in [5, 5.41) is 19.1. The predicted octanol–water partition coefficient (Wildman–Crippen LogP) is -0.110. The molecule has 2 aromatic heterocycles. The first-order valence-corrected chi connectivity index (χ1v) is 4.24. The Morgan fingerprint density at radius 2 is 2.19 bits per heavy atom. The van der Waals surface area contributed by atoms with Crippen LogP contribution in [0.5, 0.6) is 0 Å².